The summed E-state index contributed by atoms with van der Waals surface area (Å²) in [6.07, 6.45) is 0.939. The molecule has 0 radical (unpaired) electrons. The molecule has 0 aliphatic heterocycles. The van der Waals surface area contributed by atoms with Crippen LogP contribution in [-0.2, 0) is 9.59 Å². The highest BCUT2D eigenvalue weighted by Gasteiger charge is 2.11. The summed E-state index contributed by atoms with van der Waals surface area (Å²) in [5.74, 6) is -1.77. The number of nitrogen functional groups attached to an aromatic ring is 1. The number of carboxylic acid groups (broad SMARTS) is 1. The molecule has 0 unspecified atom stereocenters. The van der Waals surface area contributed by atoms with Crippen LogP contribution in [-0.4, -0.2) is 22.0 Å². The molecule has 1 aromatic heterocycles. The molecule has 7 heteroatoms. The third kappa shape index (κ3) is 3.06. The smallest absolute Gasteiger partial charge is 0.307 e. The fourth-order valence-corrected chi connectivity index (χ4v) is 1.50. The standard InChI is InChI=1S/C8H9N3O3S/c9-7(14)4(1-2-6(12)13)5-3-15-8(10)11-5/h1,3H,2H2,(H2,9,14)(H2,10,11)(H,12,13)/b4-1-. The zero-order valence-electron chi connectivity index (χ0n) is 7.64. The van der Waals surface area contributed by atoms with E-state index in [1.165, 1.54) is 6.08 Å². The van der Waals surface area contributed by atoms with Gasteiger partial charge in [-0.1, -0.05) is 6.08 Å². The molecule has 0 fully saturated rings. The number of amides is 1. The van der Waals surface area contributed by atoms with Crippen molar-refractivity contribution in [3.8, 4) is 0 Å². The van der Waals surface area contributed by atoms with Crippen molar-refractivity contribution in [2.45, 2.75) is 6.42 Å². The van der Waals surface area contributed by atoms with Crippen LogP contribution in [0, 0.1) is 0 Å². The van der Waals surface area contributed by atoms with Crippen molar-refractivity contribution in [2.24, 2.45) is 5.73 Å². The van der Waals surface area contributed by atoms with Gasteiger partial charge < -0.3 is 16.6 Å². The predicted octanol–water partition coefficient (Wildman–Crippen LogP) is 0.0687. The number of nitrogens with two attached hydrogens (primary N) is 2. The first kappa shape index (κ1) is 11.2. The summed E-state index contributed by atoms with van der Waals surface area (Å²) in [5, 5.41) is 10.3. The molecular formula is C8H9N3O3S. The number of aliphatic carboxylic acids is 1. The highest BCUT2D eigenvalue weighted by Crippen LogP contribution is 2.19. The average molecular weight is 227 g/mol. The summed E-state index contributed by atoms with van der Waals surface area (Å²) < 4.78 is 0. The SMILES string of the molecule is NC(=O)/C(=C\CC(=O)O)c1csc(N)n1. The second-order valence-corrected chi connectivity index (χ2v) is 3.54. The number of hydrogen-bond acceptors (Lipinski definition) is 5. The zero-order valence-corrected chi connectivity index (χ0v) is 8.45. The van der Waals surface area contributed by atoms with Gasteiger partial charge in [-0.15, -0.1) is 11.3 Å². The van der Waals surface area contributed by atoms with Crippen LogP contribution in [0.15, 0.2) is 11.5 Å². The van der Waals surface area contributed by atoms with Gasteiger partial charge in [0.15, 0.2) is 5.13 Å². The van der Waals surface area contributed by atoms with Crippen LogP contribution in [0.5, 0.6) is 0 Å². The van der Waals surface area contributed by atoms with Crippen molar-refractivity contribution in [3.05, 3.63) is 17.2 Å². The van der Waals surface area contributed by atoms with Gasteiger partial charge in [0.05, 0.1) is 17.7 Å². The van der Waals surface area contributed by atoms with E-state index in [2.05, 4.69) is 4.98 Å². The van der Waals surface area contributed by atoms with Crippen molar-refractivity contribution >= 4 is 33.9 Å². The van der Waals surface area contributed by atoms with Crippen LogP contribution in [0.3, 0.4) is 0 Å². The summed E-state index contributed by atoms with van der Waals surface area (Å²) in [5.41, 5.74) is 10.9. The van der Waals surface area contributed by atoms with E-state index >= 15 is 0 Å². The lowest BCUT2D eigenvalue weighted by molar-refractivity contribution is -0.135. The Morgan fingerprint density at radius 3 is 2.67 bits per heavy atom. The number of thiazole rings is 1. The molecule has 6 nitrogen and oxygen atoms in total. The quantitative estimate of drug-likeness (QED) is 0.629. The topological polar surface area (TPSA) is 119 Å². The molecule has 0 spiro atoms. The van der Waals surface area contributed by atoms with Crippen molar-refractivity contribution < 1.29 is 14.7 Å². The summed E-state index contributed by atoms with van der Waals surface area (Å²) in [6, 6.07) is 0. The number of aromatic nitrogens is 1. The second-order valence-electron chi connectivity index (χ2n) is 2.65. The van der Waals surface area contributed by atoms with Crippen molar-refractivity contribution in [2.75, 3.05) is 5.73 Å². The van der Waals surface area contributed by atoms with Gasteiger partial charge in [-0.2, -0.15) is 0 Å². The number of carbonyl (C=O) groups excluding carboxylic acids is 1. The van der Waals surface area contributed by atoms with Gasteiger partial charge in [0.25, 0.3) is 5.91 Å². The van der Waals surface area contributed by atoms with Gasteiger partial charge in [-0.05, 0) is 0 Å². The fraction of sp³-hybridized carbons (Fsp3) is 0.125. The molecule has 1 heterocycles. The highest BCUT2D eigenvalue weighted by molar-refractivity contribution is 7.13. The Morgan fingerprint density at radius 1 is 1.60 bits per heavy atom. The van der Waals surface area contributed by atoms with Gasteiger partial charge in [0.2, 0.25) is 0 Å². The Hall–Kier alpha value is -1.89. The number of carbonyl (C=O) groups is 2. The monoisotopic (exact) mass is 227 g/mol. The predicted molar refractivity (Wildman–Crippen MR) is 56.0 cm³/mol. The van der Waals surface area contributed by atoms with Crippen LogP contribution < -0.4 is 11.5 Å². The second kappa shape index (κ2) is 4.56. The molecule has 0 aliphatic rings. The van der Waals surface area contributed by atoms with Crippen molar-refractivity contribution in [1.29, 1.82) is 0 Å². The molecule has 0 aliphatic carbocycles. The Balaban J connectivity index is 2.98. The largest absolute Gasteiger partial charge is 0.481 e. The van der Waals surface area contributed by atoms with E-state index in [4.69, 9.17) is 16.6 Å². The molecule has 80 valence electrons. The summed E-state index contributed by atoms with van der Waals surface area (Å²) >= 11 is 1.16. The van der Waals surface area contributed by atoms with Gasteiger partial charge in [-0.25, -0.2) is 4.98 Å². The minimum Gasteiger partial charge on any atom is -0.481 e. The molecule has 0 atom stereocenters. The molecule has 5 N–H and O–H groups in total. The average Bonchev–Trinajstić information content (AvgIpc) is 2.51. The molecule has 0 aromatic carbocycles. The summed E-state index contributed by atoms with van der Waals surface area (Å²) in [7, 11) is 0. The van der Waals surface area contributed by atoms with E-state index in [-0.39, 0.29) is 12.0 Å². The van der Waals surface area contributed by atoms with Crippen LogP contribution in [0.2, 0.25) is 0 Å². The Labute approximate surface area is 89.2 Å². The van der Waals surface area contributed by atoms with E-state index in [9.17, 15) is 9.59 Å². The Morgan fingerprint density at radius 2 is 2.27 bits per heavy atom. The first-order chi connectivity index (χ1) is 7.00. The number of rotatable bonds is 4. The van der Waals surface area contributed by atoms with Gasteiger partial charge in [0.1, 0.15) is 0 Å². The van der Waals surface area contributed by atoms with Crippen molar-refractivity contribution in [3.63, 3.8) is 0 Å². The molecule has 0 bridgehead atoms. The van der Waals surface area contributed by atoms with E-state index in [0.717, 1.165) is 11.3 Å². The van der Waals surface area contributed by atoms with Crippen LogP contribution in [0.1, 0.15) is 12.1 Å². The number of hydrogen-bond donors (Lipinski definition) is 3. The first-order valence-corrected chi connectivity index (χ1v) is 4.82. The molecule has 0 saturated carbocycles. The lowest BCUT2D eigenvalue weighted by Gasteiger charge is -1.97. The Kier molecular flexibility index (Phi) is 3.40. The molecule has 1 amide bonds. The third-order valence-corrected chi connectivity index (χ3v) is 2.22. The summed E-state index contributed by atoms with van der Waals surface area (Å²) in [4.78, 5) is 25.2. The van der Waals surface area contributed by atoms with E-state index < -0.39 is 11.9 Å². The maximum Gasteiger partial charge on any atom is 0.307 e. The zero-order chi connectivity index (χ0) is 11.4. The van der Waals surface area contributed by atoms with Gasteiger partial charge in [0, 0.05) is 5.38 Å². The normalized spacial score (nSPS) is 11.3. The molecule has 0 saturated heterocycles. The Bertz CT molecular complexity index is 425. The lowest BCUT2D eigenvalue weighted by atomic mass is 10.1. The van der Waals surface area contributed by atoms with Crippen LogP contribution in [0.25, 0.3) is 5.57 Å². The van der Waals surface area contributed by atoms with Crippen LogP contribution in [0.4, 0.5) is 5.13 Å². The number of anilines is 1. The fourth-order valence-electron chi connectivity index (χ4n) is 0.932. The van der Waals surface area contributed by atoms with Gasteiger partial charge in [-0.3, -0.25) is 9.59 Å². The molecule has 1 aromatic rings. The minimum atomic E-state index is -1.04. The maximum atomic E-state index is 11.0. The van der Waals surface area contributed by atoms with E-state index in [1.54, 1.807) is 5.38 Å². The molecule has 15 heavy (non-hydrogen) atoms. The van der Waals surface area contributed by atoms with Gasteiger partial charge >= 0.3 is 5.97 Å². The third-order valence-electron chi connectivity index (χ3n) is 1.54. The van der Waals surface area contributed by atoms with Crippen molar-refractivity contribution in [1.82, 2.24) is 4.98 Å². The summed E-state index contributed by atoms with van der Waals surface area (Å²) in [6.45, 7) is 0. The number of primary amides is 1. The maximum absolute atomic E-state index is 11.0. The van der Waals surface area contributed by atoms with Crippen LogP contribution >= 0.6 is 11.3 Å². The lowest BCUT2D eigenvalue weighted by Crippen LogP contribution is -2.13. The van der Waals surface area contributed by atoms with E-state index in [0.29, 0.717) is 10.8 Å². The highest BCUT2D eigenvalue weighted by atomic mass is 32.1. The molecule has 1 rings (SSSR count). The first-order valence-electron chi connectivity index (χ1n) is 3.94. The number of carboxylic acids is 1. The molecular weight excluding hydrogens is 218 g/mol. The minimum absolute atomic E-state index is 0.0744. The number of nitrogens with zero attached hydrogens (tertiary/aromatic N) is 1. The van der Waals surface area contributed by atoms with E-state index in [1.807, 2.05) is 0 Å².